The minimum atomic E-state index is -0.542. The SMILES string of the molecule is CC(C)(C)C1=CC(=O)C(=O)C=C1Oc1ccc(C(C)(C)C)cc1. The van der Waals surface area contributed by atoms with Crippen LogP contribution >= 0.6 is 0 Å². The van der Waals surface area contributed by atoms with Gasteiger partial charge in [0, 0.05) is 11.6 Å². The van der Waals surface area contributed by atoms with Crippen LogP contribution in [0.3, 0.4) is 0 Å². The van der Waals surface area contributed by atoms with Crippen LogP contribution in [0.2, 0.25) is 0 Å². The summed E-state index contributed by atoms with van der Waals surface area (Å²) in [5, 5.41) is 0. The number of allylic oxidation sites excluding steroid dienone is 3. The molecule has 0 saturated carbocycles. The highest BCUT2D eigenvalue weighted by Gasteiger charge is 2.29. The van der Waals surface area contributed by atoms with Crippen molar-refractivity contribution >= 4 is 11.6 Å². The van der Waals surface area contributed by atoms with E-state index in [2.05, 4.69) is 20.8 Å². The quantitative estimate of drug-likeness (QED) is 0.601. The fraction of sp³-hybridized carbons (Fsp3) is 0.400. The molecule has 0 bridgehead atoms. The number of hydrogen-bond acceptors (Lipinski definition) is 3. The summed E-state index contributed by atoms with van der Waals surface area (Å²) in [5.74, 6) is 0.0665. The van der Waals surface area contributed by atoms with Gasteiger partial charge in [0.2, 0.25) is 11.6 Å². The molecule has 1 aromatic carbocycles. The molecule has 1 aliphatic carbocycles. The Kier molecular flexibility index (Phi) is 4.34. The zero-order valence-electron chi connectivity index (χ0n) is 14.7. The first-order valence-corrected chi connectivity index (χ1v) is 7.79. The van der Waals surface area contributed by atoms with Crippen LogP contribution in [-0.4, -0.2) is 11.6 Å². The Labute approximate surface area is 138 Å². The third-order valence-corrected chi connectivity index (χ3v) is 3.80. The lowest BCUT2D eigenvalue weighted by molar-refractivity contribution is -0.131. The molecule has 0 N–H and O–H groups in total. The average Bonchev–Trinajstić information content (AvgIpc) is 2.41. The number of benzene rings is 1. The maximum atomic E-state index is 11.7. The van der Waals surface area contributed by atoms with E-state index in [4.69, 9.17) is 4.74 Å². The molecular weight excluding hydrogens is 288 g/mol. The molecule has 0 fully saturated rings. The molecule has 0 heterocycles. The van der Waals surface area contributed by atoms with Gasteiger partial charge in [-0.15, -0.1) is 0 Å². The lowest BCUT2D eigenvalue weighted by atomic mass is 9.82. The van der Waals surface area contributed by atoms with Crippen molar-refractivity contribution in [2.24, 2.45) is 5.41 Å². The molecule has 122 valence electrons. The standard InChI is InChI=1S/C20H24O3/c1-19(2,3)13-7-9-14(10-8-13)23-18-12-17(22)16(21)11-15(18)20(4,5)6/h7-12H,1-6H3. The first kappa shape index (κ1) is 17.2. The third kappa shape index (κ3) is 3.98. The van der Waals surface area contributed by atoms with Crippen molar-refractivity contribution in [1.29, 1.82) is 0 Å². The van der Waals surface area contributed by atoms with Crippen LogP contribution < -0.4 is 4.74 Å². The van der Waals surface area contributed by atoms with Crippen LogP contribution in [0.1, 0.15) is 47.1 Å². The molecule has 3 heteroatoms. The first-order chi connectivity index (χ1) is 10.5. The molecule has 3 nitrogen and oxygen atoms in total. The van der Waals surface area contributed by atoms with Gasteiger partial charge in [0.1, 0.15) is 11.5 Å². The minimum Gasteiger partial charge on any atom is -0.457 e. The number of ether oxygens (including phenoxy) is 1. The van der Waals surface area contributed by atoms with E-state index in [9.17, 15) is 9.59 Å². The summed E-state index contributed by atoms with van der Waals surface area (Å²) >= 11 is 0. The van der Waals surface area contributed by atoms with Gasteiger partial charge in [0.25, 0.3) is 0 Å². The van der Waals surface area contributed by atoms with Crippen molar-refractivity contribution in [2.75, 3.05) is 0 Å². The zero-order valence-corrected chi connectivity index (χ0v) is 14.7. The van der Waals surface area contributed by atoms with Crippen LogP contribution in [-0.2, 0) is 15.0 Å². The van der Waals surface area contributed by atoms with E-state index < -0.39 is 11.6 Å². The van der Waals surface area contributed by atoms with Crippen LogP contribution in [0.15, 0.2) is 47.7 Å². The van der Waals surface area contributed by atoms with Gasteiger partial charge in [0.05, 0.1) is 0 Å². The summed E-state index contributed by atoms with van der Waals surface area (Å²) in [5.41, 5.74) is 1.73. The molecule has 0 unspecified atom stereocenters. The monoisotopic (exact) mass is 312 g/mol. The van der Waals surface area contributed by atoms with Crippen LogP contribution in [0, 0.1) is 5.41 Å². The van der Waals surface area contributed by atoms with E-state index in [1.807, 2.05) is 45.0 Å². The number of rotatable bonds is 2. The second kappa shape index (κ2) is 5.80. The molecule has 1 aromatic rings. The van der Waals surface area contributed by atoms with Gasteiger partial charge >= 0.3 is 0 Å². The lowest BCUT2D eigenvalue weighted by Crippen LogP contribution is -2.24. The average molecular weight is 312 g/mol. The van der Waals surface area contributed by atoms with E-state index >= 15 is 0 Å². The second-order valence-electron chi connectivity index (χ2n) is 7.92. The second-order valence-corrected chi connectivity index (χ2v) is 7.92. The molecular formula is C20H24O3. The Morgan fingerprint density at radius 3 is 1.74 bits per heavy atom. The van der Waals surface area contributed by atoms with Gasteiger partial charge in [-0.3, -0.25) is 9.59 Å². The zero-order chi connectivity index (χ0) is 17.4. The molecule has 2 rings (SSSR count). The Bertz CT molecular complexity index is 690. The summed E-state index contributed by atoms with van der Waals surface area (Å²) in [6.07, 6.45) is 2.68. The van der Waals surface area contributed by atoms with E-state index in [0.29, 0.717) is 11.5 Å². The van der Waals surface area contributed by atoms with Crippen molar-refractivity contribution in [3.8, 4) is 5.75 Å². The fourth-order valence-electron chi connectivity index (χ4n) is 2.36. The Balaban J connectivity index is 2.30. The summed E-state index contributed by atoms with van der Waals surface area (Å²) in [4.78, 5) is 23.4. The van der Waals surface area contributed by atoms with E-state index in [-0.39, 0.29) is 10.8 Å². The molecule has 23 heavy (non-hydrogen) atoms. The summed E-state index contributed by atoms with van der Waals surface area (Å²) in [7, 11) is 0. The van der Waals surface area contributed by atoms with Crippen molar-refractivity contribution < 1.29 is 14.3 Å². The van der Waals surface area contributed by atoms with Crippen LogP contribution in [0.4, 0.5) is 0 Å². The molecule has 0 aliphatic heterocycles. The predicted octanol–water partition coefficient (Wildman–Crippen LogP) is 4.37. The van der Waals surface area contributed by atoms with Gasteiger partial charge in [-0.2, -0.15) is 0 Å². The first-order valence-electron chi connectivity index (χ1n) is 7.79. The normalized spacial score (nSPS) is 16.1. The molecule has 1 aliphatic rings. The summed E-state index contributed by atoms with van der Waals surface area (Å²) in [6, 6.07) is 7.82. The van der Waals surface area contributed by atoms with E-state index in [0.717, 1.165) is 5.57 Å². The Morgan fingerprint density at radius 1 is 0.739 bits per heavy atom. The van der Waals surface area contributed by atoms with E-state index in [1.54, 1.807) is 0 Å². The number of carbonyl (C=O) groups excluding carboxylic acids is 2. The minimum absolute atomic E-state index is 0.0709. The third-order valence-electron chi connectivity index (χ3n) is 3.80. The maximum absolute atomic E-state index is 11.7. The van der Waals surface area contributed by atoms with Gasteiger partial charge in [-0.05, 0) is 34.6 Å². The predicted molar refractivity (Wildman–Crippen MR) is 91.4 cm³/mol. The molecule has 0 amide bonds. The largest absolute Gasteiger partial charge is 0.457 e. The van der Waals surface area contributed by atoms with Crippen molar-refractivity contribution in [2.45, 2.75) is 47.0 Å². The van der Waals surface area contributed by atoms with Gasteiger partial charge in [-0.1, -0.05) is 53.7 Å². The lowest BCUT2D eigenvalue weighted by Gasteiger charge is -2.27. The Hall–Kier alpha value is -2.16. The smallest absolute Gasteiger partial charge is 0.229 e. The highest BCUT2D eigenvalue weighted by molar-refractivity contribution is 6.46. The Morgan fingerprint density at radius 2 is 1.26 bits per heavy atom. The number of carbonyl (C=O) groups is 2. The number of hydrogen-bond donors (Lipinski definition) is 0. The van der Waals surface area contributed by atoms with Crippen LogP contribution in [0.5, 0.6) is 5.75 Å². The maximum Gasteiger partial charge on any atom is 0.229 e. The molecule has 0 atom stereocenters. The fourth-order valence-corrected chi connectivity index (χ4v) is 2.36. The van der Waals surface area contributed by atoms with Gasteiger partial charge in [0.15, 0.2) is 0 Å². The van der Waals surface area contributed by atoms with Crippen molar-refractivity contribution in [1.82, 2.24) is 0 Å². The highest BCUT2D eigenvalue weighted by Crippen LogP contribution is 2.35. The molecule has 0 aromatic heterocycles. The molecule has 0 saturated heterocycles. The van der Waals surface area contributed by atoms with Crippen LogP contribution in [0.25, 0.3) is 0 Å². The number of ketones is 2. The highest BCUT2D eigenvalue weighted by atomic mass is 16.5. The van der Waals surface area contributed by atoms with Crippen molar-refractivity contribution in [3.05, 3.63) is 53.3 Å². The van der Waals surface area contributed by atoms with E-state index in [1.165, 1.54) is 17.7 Å². The molecule has 0 spiro atoms. The topological polar surface area (TPSA) is 43.4 Å². The summed E-state index contributed by atoms with van der Waals surface area (Å²) < 4.78 is 5.90. The molecule has 0 radical (unpaired) electrons. The summed E-state index contributed by atoms with van der Waals surface area (Å²) in [6.45, 7) is 12.4. The van der Waals surface area contributed by atoms with Gasteiger partial charge in [-0.25, -0.2) is 0 Å². The van der Waals surface area contributed by atoms with Gasteiger partial charge < -0.3 is 4.74 Å². The van der Waals surface area contributed by atoms with Crippen molar-refractivity contribution in [3.63, 3.8) is 0 Å².